The van der Waals surface area contributed by atoms with Crippen LogP contribution in [-0.4, -0.2) is 39.5 Å². The highest BCUT2D eigenvalue weighted by molar-refractivity contribution is 5.59. The molecule has 2 aromatic carbocycles. The van der Waals surface area contributed by atoms with Gasteiger partial charge in [-0.1, -0.05) is 47.7 Å². The van der Waals surface area contributed by atoms with Crippen molar-refractivity contribution in [3.8, 4) is 17.0 Å². The molecule has 2 bridgehead atoms. The zero-order valence-electron chi connectivity index (χ0n) is 15.4. The average molecular weight is 360 g/mol. The summed E-state index contributed by atoms with van der Waals surface area (Å²) in [7, 11) is 0. The van der Waals surface area contributed by atoms with Crippen molar-refractivity contribution in [2.75, 3.05) is 19.6 Å². The van der Waals surface area contributed by atoms with Gasteiger partial charge in [-0.3, -0.25) is 0 Å². The van der Waals surface area contributed by atoms with Crippen LogP contribution in [0.5, 0.6) is 5.75 Å². The van der Waals surface area contributed by atoms with Gasteiger partial charge in [-0.15, -0.1) is 5.10 Å². The molecule has 3 aliphatic heterocycles. The number of fused-ring (bicyclic) bond motifs is 3. The maximum atomic E-state index is 5.96. The number of rotatable bonds is 5. The van der Waals surface area contributed by atoms with Gasteiger partial charge in [0.2, 0.25) is 0 Å². The highest BCUT2D eigenvalue weighted by Gasteiger charge is 2.35. The van der Waals surface area contributed by atoms with Crippen LogP contribution in [0.3, 0.4) is 0 Å². The summed E-state index contributed by atoms with van der Waals surface area (Å²) in [5, 5.41) is 8.90. The first kappa shape index (κ1) is 16.5. The van der Waals surface area contributed by atoms with E-state index in [0.717, 1.165) is 35.0 Å². The number of aromatic nitrogens is 3. The Bertz CT molecular complexity index is 899. The molecule has 0 spiro atoms. The minimum absolute atomic E-state index is 0.464. The molecule has 3 saturated heterocycles. The van der Waals surface area contributed by atoms with Crippen molar-refractivity contribution in [2.24, 2.45) is 5.92 Å². The predicted molar refractivity (Wildman–Crippen MR) is 104 cm³/mol. The number of hydrogen-bond donors (Lipinski definition) is 0. The first-order chi connectivity index (χ1) is 13.3. The van der Waals surface area contributed by atoms with Gasteiger partial charge in [0.05, 0.1) is 12.2 Å². The number of ether oxygens (including phenoxy) is 1. The van der Waals surface area contributed by atoms with Crippen LogP contribution in [0, 0.1) is 5.92 Å². The van der Waals surface area contributed by atoms with Crippen LogP contribution in [0.25, 0.3) is 11.3 Å². The Hall–Kier alpha value is -2.66. The second-order valence-electron chi connectivity index (χ2n) is 7.59. The Morgan fingerprint density at radius 2 is 1.85 bits per heavy atom. The average Bonchev–Trinajstić information content (AvgIpc) is 3.24. The topological polar surface area (TPSA) is 43.2 Å². The summed E-state index contributed by atoms with van der Waals surface area (Å²) in [4.78, 5) is 2.55. The molecule has 138 valence electrons. The van der Waals surface area contributed by atoms with Crippen molar-refractivity contribution < 1.29 is 4.74 Å². The van der Waals surface area contributed by atoms with Crippen LogP contribution in [0.2, 0.25) is 0 Å². The molecule has 1 unspecified atom stereocenters. The summed E-state index contributed by atoms with van der Waals surface area (Å²) in [6, 6.07) is 18.8. The standard InChI is InChI=1S/C22H24N4O/c1-2-5-17(6-3-1)16-27-20-8-4-7-19(13-20)21-14-26(24-23-21)22-15-25-11-9-18(22)10-12-25/h1-8,13-14,18,22H,9-12,15-16H2. The number of hydrogen-bond acceptors (Lipinski definition) is 4. The van der Waals surface area contributed by atoms with Crippen molar-refractivity contribution in [3.63, 3.8) is 0 Å². The molecule has 1 atom stereocenters. The van der Waals surface area contributed by atoms with Crippen LogP contribution in [0.4, 0.5) is 0 Å². The van der Waals surface area contributed by atoms with Crippen molar-refractivity contribution in [3.05, 3.63) is 66.4 Å². The SMILES string of the molecule is c1ccc(COc2cccc(-c3cn(C4CN5CCC4CC5)nn3)c2)cc1. The molecular weight excluding hydrogens is 336 g/mol. The predicted octanol–water partition coefficient (Wildman–Crippen LogP) is 3.79. The van der Waals surface area contributed by atoms with Crippen molar-refractivity contribution in [1.29, 1.82) is 0 Å². The van der Waals surface area contributed by atoms with Crippen LogP contribution in [0.1, 0.15) is 24.4 Å². The zero-order valence-corrected chi connectivity index (χ0v) is 15.4. The summed E-state index contributed by atoms with van der Waals surface area (Å²) in [6.07, 6.45) is 4.66. The van der Waals surface area contributed by atoms with Gasteiger partial charge >= 0.3 is 0 Å². The fourth-order valence-corrected chi connectivity index (χ4v) is 4.29. The molecule has 0 radical (unpaired) electrons. The molecule has 6 rings (SSSR count). The molecule has 4 heterocycles. The van der Waals surface area contributed by atoms with E-state index in [1.807, 2.05) is 36.4 Å². The maximum absolute atomic E-state index is 5.96. The smallest absolute Gasteiger partial charge is 0.120 e. The quantitative estimate of drug-likeness (QED) is 0.694. The van der Waals surface area contributed by atoms with E-state index >= 15 is 0 Å². The molecule has 3 aliphatic rings. The van der Waals surface area contributed by atoms with Crippen molar-refractivity contribution >= 4 is 0 Å². The molecular formula is C22H24N4O. The summed E-state index contributed by atoms with van der Waals surface area (Å²) in [6.45, 7) is 4.15. The van der Waals surface area contributed by atoms with Crippen molar-refractivity contribution in [1.82, 2.24) is 19.9 Å². The van der Waals surface area contributed by atoms with Crippen LogP contribution < -0.4 is 4.74 Å². The molecule has 0 amide bonds. The van der Waals surface area contributed by atoms with E-state index in [0.29, 0.717) is 12.6 Å². The fraction of sp³-hybridized carbons (Fsp3) is 0.364. The Balaban J connectivity index is 1.31. The van der Waals surface area contributed by atoms with Crippen LogP contribution in [-0.2, 0) is 6.61 Å². The van der Waals surface area contributed by atoms with Gasteiger partial charge in [0.15, 0.2) is 0 Å². The molecule has 5 nitrogen and oxygen atoms in total. The second kappa shape index (κ2) is 7.16. The molecule has 1 aromatic heterocycles. The molecule has 0 N–H and O–H groups in total. The van der Waals surface area contributed by atoms with Crippen LogP contribution in [0.15, 0.2) is 60.8 Å². The van der Waals surface area contributed by atoms with Crippen LogP contribution >= 0.6 is 0 Å². The summed E-state index contributed by atoms with van der Waals surface area (Å²) < 4.78 is 8.04. The van der Waals surface area contributed by atoms with Gasteiger partial charge in [-0.25, -0.2) is 4.68 Å². The molecule has 3 aromatic rings. The monoisotopic (exact) mass is 360 g/mol. The normalized spacial score (nSPS) is 24.1. The lowest BCUT2D eigenvalue weighted by atomic mass is 9.84. The Kier molecular flexibility index (Phi) is 4.38. The Morgan fingerprint density at radius 3 is 2.63 bits per heavy atom. The summed E-state index contributed by atoms with van der Waals surface area (Å²) >= 11 is 0. The van der Waals surface area contributed by atoms with E-state index in [9.17, 15) is 0 Å². The Labute approximate surface area is 159 Å². The molecule has 27 heavy (non-hydrogen) atoms. The third-order valence-electron chi connectivity index (χ3n) is 5.85. The van der Waals surface area contributed by atoms with E-state index in [1.54, 1.807) is 0 Å². The molecule has 0 saturated carbocycles. The fourth-order valence-electron chi connectivity index (χ4n) is 4.29. The Morgan fingerprint density at radius 1 is 1.00 bits per heavy atom. The largest absolute Gasteiger partial charge is 0.489 e. The first-order valence-corrected chi connectivity index (χ1v) is 9.76. The van der Waals surface area contributed by atoms with E-state index in [1.165, 1.54) is 25.9 Å². The van der Waals surface area contributed by atoms with Gasteiger partial charge in [0, 0.05) is 12.1 Å². The second-order valence-corrected chi connectivity index (χ2v) is 7.59. The minimum Gasteiger partial charge on any atom is -0.489 e. The summed E-state index contributed by atoms with van der Waals surface area (Å²) in [5.74, 6) is 1.60. The van der Waals surface area contributed by atoms with E-state index in [2.05, 4.69) is 44.3 Å². The van der Waals surface area contributed by atoms with Gasteiger partial charge in [-0.2, -0.15) is 0 Å². The lowest BCUT2D eigenvalue weighted by molar-refractivity contribution is 0.0504. The van der Waals surface area contributed by atoms with Gasteiger partial charge in [0.1, 0.15) is 18.1 Å². The van der Waals surface area contributed by atoms with E-state index < -0.39 is 0 Å². The number of nitrogens with zero attached hydrogens (tertiary/aromatic N) is 4. The highest BCUT2D eigenvalue weighted by atomic mass is 16.5. The molecule has 0 aliphatic carbocycles. The summed E-state index contributed by atoms with van der Waals surface area (Å²) in [5.41, 5.74) is 3.13. The maximum Gasteiger partial charge on any atom is 0.120 e. The number of benzene rings is 2. The highest BCUT2D eigenvalue weighted by Crippen LogP contribution is 2.35. The van der Waals surface area contributed by atoms with E-state index in [4.69, 9.17) is 4.74 Å². The lowest BCUT2D eigenvalue weighted by Crippen LogP contribution is -2.48. The molecule has 3 fully saturated rings. The van der Waals surface area contributed by atoms with Gasteiger partial charge in [0.25, 0.3) is 0 Å². The first-order valence-electron chi connectivity index (χ1n) is 9.76. The van der Waals surface area contributed by atoms with Gasteiger partial charge in [-0.05, 0) is 49.5 Å². The lowest BCUT2D eigenvalue weighted by Gasteiger charge is -2.44. The zero-order chi connectivity index (χ0) is 18.1. The third-order valence-corrected chi connectivity index (χ3v) is 5.85. The van der Waals surface area contributed by atoms with Crippen molar-refractivity contribution in [2.45, 2.75) is 25.5 Å². The molecule has 5 heteroatoms. The van der Waals surface area contributed by atoms with Gasteiger partial charge < -0.3 is 9.64 Å². The number of piperidine rings is 3. The minimum atomic E-state index is 0.464. The van der Waals surface area contributed by atoms with E-state index in [-0.39, 0.29) is 0 Å². The third kappa shape index (κ3) is 3.47.